The van der Waals surface area contributed by atoms with E-state index in [9.17, 15) is 13.7 Å². The maximum absolute atomic E-state index is 13.7. The Kier molecular flexibility index (Phi) is 8.74. The topological polar surface area (TPSA) is 72.1 Å². The van der Waals surface area contributed by atoms with Crippen LogP contribution in [0, 0.1) is 11.3 Å². The van der Waals surface area contributed by atoms with Gasteiger partial charge in [0.15, 0.2) is 0 Å². The molecule has 0 fully saturated rings. The summed E-state index contributed by atoms with van der Waals surface area (Å²) >= 11 is 0. The number of hydrogen-bond donors (Lipinski definition) is 0. The van der Waals surface area contributed by atoms with Crippen LogP contribution in [-0.2, 0) is 15.3 Å². The van der Waals surface area contributed by atoms with Crippen LogP contribution in [0.5, 0.6) is 11.5 Å². The van der Waals surface area contributed by atoms with Gasteiger partial charge in [0.2, 0.25) is 9.84 Å². The highest BCUT2D eigenvalue weighted by atomic mass is 32.2. The van der Waals surface area contributed by atoms with E-state index in [1.807, 2.05) is 66.7 Å². The van der Waals surface area contributed by atoms with Crippen molar-refractivity contribution < 1.29 is 13.2 Å². The van der Waals surface area contributed by atoms with Crippen molar-refractivity contribution in [3.8, 4) is 45.5 Å². The van der Waals surface area contributed by atoms with Gasteiger partial charge in [-0.15, -0.1) is 0 Å². The first-order chi connectivity index (χ1) is 30.4. The summed E-state index contributed by atoms with van der Waals surface area (Å²) in [6.07, 6.45) is 0. The van der Waals surface area contributed by atoms with E-state index < -0.39 is 15.3 Å². The van der Waals surface area contributed by atoms with Gasteiger partial charge in [0.25, 0.3) is 0 Å². The van der Waals surface area contributed by atoms with Gasteiger partial charge in [-0.25, -0.2) is 8.42 Å². The molecule has 0 saturated heterocycles. The van der Waals surface area contributed by atoms with E-state index in [4.69, 9.17) is 4.74 Å². The Labute approximate surface area is 359 Å². The summed E-state index contributed by atoms with van der Waals surface area (Å²) in [6, 6.07) is 74.5. The van der Waals surface area contributed by atoms with Crippen LogP contribution in [0.25, 0.3) is 49.7 Å². The zero-order chi connectivity index (χ0) is 41.8. The summed E-state index contributed by atoms with van der Waals surface area (Å²) in [5.74, 6) is 1.40. The zero-order valence-corrected chi connectivity index (χ0v) is 34.1. The fraction of sp³-hybridized carbons (Fsp3) is 0.0179. The van der Waals surface area contributed by atoms with Crippen LogP contribution in [0.15, 0.2) is 228 Å². The SMILES string of the molecule is N#Cc1ccc2c(c1)c1cc(-c3ccc4c(c3)Oc3cc(-c5cccc(S(=O)(=O)c6ccccc6)c5)ccc3C4(c3ccccc3)c3ccccc3)ccc1n2-c1ccccc1. The molecule has 0 amide bonds. The minimum atomic E-state index is -3.74. The van der Waals surface area contributed by atoms with E-state index in [-0.39, 0.29) is 9.79 Å². The number of ether oxygens (including phenoxy) is 1. The van der Waals surface area contributed by atoms with Crippen molar-refractivity contribution >= 4 is 31.6 Å². The van der Waals surface area contributed by atoms with E-state index in [2.05, 4.69) is 120 Å². The molecule has 0 N–H and O–H groups in total. The molecule has 0 radical (unpaired) electrons. The first kappa shape index (κ1) is 37.1. The molecule has 11 rings (SSSR count). The minimum Gasteiger partial charge on any atom is -0.457 e. The summed E-state index contributed by atoms with van der Waals surface area (Å²) in [7, 11) is -3.74. The molecule has 10 aromatic rings. The minimum absolute atomic E-state index is 0.227. The highest BCUT2D eigenvalue weighted by molar-refractivity contribution is 7.91. The highest BCUT2D eigenvalue weighted by Crippen LogP contribution is 2.56. The maximum atomic E-state index is 13.7. The molecular formula is C56H36N2O3S. The number of rotatable bonds is 7. The number of aromatic nitrogens is 1. The van der Waals surface area contributed by atoms with Gasteiger partial charge in [0, 0.05) is 27.6 Å². The molecule has 0 saturated carbocycles. The van der Waals surface area contributed by atoms with Crippen molar-refractivity contribution in [1.29, 1.82) is 5.26 Å². The Hall–Kier alpha value is -7.98. The Morgan fingerprint density at radius 2 is 0.935 bits per heavy atom. The normalized spacial score (nSPS) is 12.9. The number of nitrogens with zero attached hydrogens (tertiary/aromatic N) is 2. The van der Waals surface area contributed by atoms with Crippen molar-refractivity contribution in [2.45, 2.75) is 15.2 Å². The third-order valence-electron chi connectivity index (χ3n) is 12.2. The van der Waals surface area contributed by atoms with Crippen LogP contribution in [0.1, 0.15) is 27.8 Å². The molecule has 1 aliphatic rings. The number of benzene rings is 9. The molecule has 0 atom stereocenters. The molecular weight excluding hydrogens is 781 g/mol. The lowest BCUT2D eigenvalue weighted by atomic mass is 9.63. The van der Waals surface area contributed by atoms with E-state index in [0.29, 0.717) is 11.3 Å². The second-order valence-corrected chi connectivity index (χ2v) is 17.5. The van der Waals surface area contributed by atoms with Crippen LogP contribution in [-0.4, -0.2) is 13.0 Å². The Balaban J connectivity index is 1.10. The van der Waals surface area contributed by atoms with Gasteiger partial charge in [-0.3, -0.25) is 0 Å². The Bertz CT molecular complexity index is 3460. The van der Waals surface area contributed by atoms with Crippen molar-refractivity contribution in [3.05, 3.63) is 246 Å². The van der Waals surface area contributed by atoms with Gasteiger partial charge in [-0.1, -0.05) is 140 Å². The van der Waals surface area contributed by atoms with Gasteiger partial charge in [0.1, 0.15) is 11.5 Å². The van der Waals surface area contributed by atoms with Crippen LogP contribution < -0.4 is 4.74 Å². The first-order valence-electron chi connectivity index (χ1n) is 20.5. The van der Waals surface area contributed by atoms with Crippen molar-refractivity contribution in [1.82, 2.24) is 4.57 Å². The second-order valence-electron chi connectivity index (χ2n) is 15.6. The number of fused-ring (bicyclic) bond motifs is 5. The highest BCUT2D eigenvalue weighted by Gasteiger charge is 2.45. The van der Waals surface area contributed by atoms with Gasteiger partial charge in [-0.05, 0) is 112 Å². The number of para-hydroxylation sites is 1. The molecule has 0 spiro atoms. The Morgan fingerprint density at radius 3 is 1.53 bits per heavy atom. The molecule has 62 heavy (non-hydrogen) atoms. The summed E-state index contributed by atoms with van der Waals surface area (Å²) in [6.45, 7) is 0. The standard InChI is InChI=1S/C56H36N2O3S/c57-37-38-24-30-52-48(32-38)49-34-40(27-31-53(49)58(52)45-19-9-3-10-20-45)42-26-29-51-55(36-42)61-54-35-41(39-14-13-23-47(33-39)62(59,60)46-21-11-4-12-22-46)25-28-50(54)56(51,43-15-5-1-6-16-43)44-17-7-2-8-18-44/h1-36H. The smallest absolute Gasteiger partial charge is 0.206 e. The zero-order valence-electron chi connectivity index (χ0n) is 33.3. The quantitative estimate of drug-likeness (QED) is 0.161. The second kappa shape index (κ2) is 14.6. The average molecular weight is 817 g/mol. The van der Waals surface area contributed by atoms with Gasteiger partial charge < -0.3 is 9.30 Å². The molecule has 6 heteroatoms. The maximum Gasteiger partial charge on any atom is 0.206 e. The molecule has 1 aliphatic heterocycles. The number of hydrogen-bond acceptors (Lipinski definition) is 4. The van der Waals surface area contributed by atoms with Crippen LogP contribution in [0.3, 0.4) is 0 Å². The fourth-order valence-electron chi connectivity index (χ4n) is 9.33. The van der Waals surface area contributed by atoms with E-state index in [0.717, 1.165) is 77.8 Å². The monoisotopic (exact) mass is 816 g/mol. The third kappa shape index (κ3) is 5.86. The van der Waals surface area contributed by atoms with E-state index in [1.165, 1.54) is 0 Å². The van der Waals surface area contributed by atoms with Gasteiger partial charge in [-0.2, -0.15) is 5.26 Å². The number of nitriles is 1. The summed E-state index contributed by atoms with van der Waals surface area (Å²) in [5, 5.41) is 11.9. The van der Waals surface area contributed by atoms with Crippen LogP contribution >= 0.6 is 0 Å². The van der Waals surface area contributed by atoms with Gasteiger partial charge in [0.05, 0.1) is 37.9 Å². The van der Waals surface area contributed by atoms with Crippen molar-refractivity contribution in [2.75, 3.05) is 0 Å². The lowest BCUT2D eigenvalue weighted by Crippen LogP contribution is -2.34. The molecule has 5 nitrogen and oxygen atoms in total. The number of sulfone groups is 1. The molecule has 0 unspecified atom stereocenters. The lowest BCUT2D eigenvalue weighted by molar-refractivity contribution is 0.435. The lowest BCUT2D eigenvalue weighted by Gasteiger charge is -2.41. The predicted octanol–water partition coefficient (Wildman–Crippen LogP) is 13.3. The van der Waals surface area contributed by atoms with Crippen molar-refractivity contribution in [2.24, 2.45) is 0 Å². The van der Waals surface area contributed by atoms with Crippen LogP contribution in [0.2, 0.25) is 0 Å². The Morgan fingerprint density at radius 1 is 0.452 bits per heavy atom. The van der Waals surface area contributed by atoms with E-state index >= 15 is 0 Å². The largest absolute Gasteiger partial charge is 0.457 e. The summed E-state index contributed by atoms with van der Waals surface area (Å²) in [4.78, 5) is 0.479. The third-order valence-corrected chi connectivity index (χ3v) is 13.9. The predicted molar refractivity (Wildman–Crippen MR) is 247 cm³/mol. The molecule has 1 aromatic heterocycles. The summed E-state index contributed by atoms with van der Waals surface area (Å²) < 4.78 is 36.8. The molecule has 2 heterocycles. The summed E-state index contributed by atoms with van der Waals surface area (Å²) in [5.41, 5.74) is 10.8. The molecule has 0 bridgehead atoms. The molecule has 0 aliphatic carbocycles. The molecule has 9 aromatic carbocycles. The fourth-order valence-corrected chi connectivity index (χ4v) is 10.7. The first-order valence-corrected chi connectivity index (χ1v) is 21.9. The van der Waals surface area contributed by atoms with Gasteiger partial charge >= 0.3 is 0 Å². The van der Waals surface area contributed by atoms with E-state index in [1.54, 1.807) is 42.5 Å². The molecule has 294 valence electrons. The van der Waals surface area contributed by atoms with Crippen LogP contribution in [0.4, 0.5) is 0 Å². The van der Waals surface area contributed by atoms with Crippen molar-refractivity contribution in [3.63, 3.8) is 0 Å². The average Bonchev–Trinajstić information content (AvgIpc) is 3.67.